The molecular formula is C8H9ClN4S. The molecule has 2 aromatic heterocycles. The molecule has 74 valence electrons. The highest BCUT2D eigenvalue weighted by Gasteiger charge is 2.16. The van der Waals surface area contributed by atoms with Crippen LogP contribution in [0, 0.1) is 0 Å². The van der Waals surface area contributed by atoms with Crippen molar-refractivity contribution in [2.45, 2.75) is 6.04 Å². The highest BCUT2D eigenvalue weighted by Crippen LogP contribution is 2.29. The molecule has 1 atom stereocenters. The fraction of sp³-hybridized carbons (Fsp3) is 0.250. The van der Waals surface area contributed by atoms with Gasteiger partial charge in [0.15, 0.2) is 0 Å². The summed E-state index contributed by atoms with van der Waals surface area (Å²) in [4.78, 5) is 1.13. The minimum atomic E-state index is 0.0613. The molecule has 14 heavy (non-hydrogen) atoms. The summed E-state index contributed by atoms with van der Waals surface area (Å²) in [5, 5.41) is 13.6. The number of aromatic amines is 1. The summed E-state index contributed by atoms with van der Waals surface area (Å²) in [5.74, 6) is 0. The fourth-order valence-corrected chi connectivity index (χ4v) is 2.45. The number of hydrogen-bond donors (Lipinski definition) is 2. The van der Waals surface area contributed by atoms with E-state index in [0.29, 0.717) is 0 Å². The highest BCUT2D eigenvalue weighted by atomic mass is 35.5. The molecule has 0 aromatic carbocycles. The van der Waals surface area contributed by atoms with Gasteiger partial charge in [0, 0.05) is 4.88 Å². The molecule has 2 heterocycles. The van der Waals surface area contributed by atoms with Gasteiger partial charge in [0.2, 0.25) is 0 Å². The van der Waals surface area contributed by atoms with Gasteiger partial charge in [-0.1, -0.05) is 11.6 Å². The molecule has 0 aliphatic carbocycles. The Balaban J connectivity index is 2.31. The largest absolute Gasteiger partial charge is 0.307 e. The summed E-state index contributed by atoms with van der Waals surface area (Å²) >= 11 is 7.41. The third-order valence-electron chi connectivity index (χ3n) is 1.90. The first-order valence-electron chi connectivity index (χ1n) is 4.09. The van der Waals surface area contributed by atoms with Crippen LogP contribution in [0.3, 0.4) is 0 Å². The zero-order chi connectivity index (χ0) is 9.97. The monoisotopic (exact) mass is 228 g/mol. The quantitative estimate of drug-likeness (QED) is 0.843. The van der Waals surface area contributed by atoms with E-state index in [2.05, 4.69) is 20.7 Å². The first-order valence-corrected chi connectivity index (χ1v) is 5.29. The summed E-state index contributed by atoms with van der Waals surface area (Å²) < 4.78 is 0.781. The van der Waals surface area contributed by atoms with Gasteiger partial charge in [-0.3, -0.25) is 0 Å². The van der Waals surface area contributed by atoms with Crippen LogP contribution in [0.1, 0.15) is 16.6 Å². The molecule has 0 bridgehead atoms. The number of aromatic nitrogens is 3. The number of rotatable bonds is 3. The lowest BCUT2D eigenvalue weighted by molar-refractivity contribution is 0.678. The van der Waals surface area contributed by atoms with Crippen LogP contribution in [0.25, 0.3) is 0 Å². The van der Waals surface area contributed by atoms with Crippen LogP contribution in [0.2, 0.25) is 4.34 Å². The van der Waals surface area contributed by atoms with Gasteiger partial charge < -0.3 is 5.32 Å². The van der Waals surface area contributed by atoms with Crippen molar-refractivity contribution in [1.29, 1.82) is 0 Å². The SMILES string of the molecule is CNC(c1cn[nH]n1)c1ccc(Cl)s1. The van der Waals surface area contributed by atoms with Crippen LogP contribution >= 0.6 is 22.9 Å². The maximum Gasteiger partial charge on any atom is 0.105 e. The molecule has 1 unspecified atom stereocenters. The van der Waals surface area contributed by atoms with Gasteiger partial charge in [0.1, 0.15) is 5.69 Å². The van der Waals surface area contributed by atoms with E-state index < -0.39 is 0 Å². The van der Waals surface area contributed by atoms with Crippen molar-refractivity contribution in [2.75, 3.05) is 7.05 Å². The molecule has 4 nitrogen and oxygen atoms in total. The zero-order valence-corrected chi connectivity index (χ0v) is 9.06. The Labute approximate surface area is 90.3 Å². The van der Waals surface area contributed by atoms with Crippen molar-refractivity contribution in [3.8, 4) is 0 Å². The van der Waals surface area contributed by atoms with Crippen molar-refractivity contribution in [3.05, 3.63) is 33.2 Å². The molecule has 0 aliphatic rings. The van der Waals surface area contributed by atoms with Gasteiger partial charge in [0.25, 0.3) is 0 Å². The number of nitrogens with zero attached hydrogens (tertiary/aromatic N) is 2. The summed E-state index contributed by atoms with van der Waals surface area (Å²) in [6.45, 7) is 0. The Morgan fingerprint density at radius 3 is 2.93 bits per heavy atom. The maximum atomic E-state index is 5.87. The fourth-order valence-electron chi connectivity index (χ4n) is 1.27. The Morgan fingerprint density at radius 1 is 1.57 bits per heavy atom. The number of thiophene rings is 1. The Hall–Kier alpha value is -0.910. The molecule has 0 spiro atoms. The van der Waals surface area contributed by atoms with Crippen LogP contribution in [0.5, 0.6) is 0 Å². The molecule has 2 rings (SSSR count). The second kappa shape index (κ2) is 4.08. The van der Waals surface area contributed by atoms with E-state index in [9.17, 15) is 0 Å². The first-order chi connectivity index (χ1) is 6.81. The number of halogens is 1. The summed E-state index contributed by atoms with van der Waals surface area (Å²) in [6, 6.07) is 3.93. The molecule has 6 heteroatoms. The number of nitrogens with one attached hydrogen (secondary N) is 2. The standard InChI is InChI=1S/C8H9ClN4S/c1-10-8(5-4-11-13-12-5)6-2-3-7(9)14-6/h2-4,8,10H,1H3,(H,11,12,13). The summed E-state index contributed by atoms with van der Waals surface area (Å²) in [5.41, 5.74) is 0.867. The zero-order valence-electron chi connectivity index (χ0n) is 7.49. The summed E-state index contributed by atoms with van der Waals surface area (Å²) in [6.07, 6.45) is 1.70. The van der Waals surface area contributed by atoms with Crippen molar-refractivity contribution in [2.24, 2.45) is 0 Å². The Kier molecular flexibility index (Phi) is 2.81. The van der Waals surface area contributed by atoms with E-state index in [0.717, 1.165) is 14.9 Å². The molecule has 2 aromatic rings. The number of hydrogen-bond acceptors (Lipinski definition) is 4. The second-order valence-electron chi connectivity index (χ2n) is 2.76. The van der Waals surface area contributed by atoms with Gasteiger partial charge in [-0.25, -0.2) is 0 Å². The molecule has 0 radical (unpaired) electrons. The lowest BCUT2D eigenvalue weighted by Gasteiger charge is -2.09. The first kappa shape index (κ1) is 9.64. The minimum absolute atomic E-state index is 0.0613. The third kappa shape index (κ3) is 1.79. The Bertz CT molecular complexity index is 397. The smallest absolute Gasteiger partial charge is 0.105 e. The molecule has 0 aliphatic heterocycles. The molecule has 0 saturated heterocycles. The highest BCUT2D eigenvalue weighted by molar-refractivity contribution is 7.16. The van der Waals surface area contributed by atoms with Crippen molar-refractivity contribution >= 4 is 22.9 Å². The normalized spacial score (nSPS) is 13.0. The van der Waals surface area contributed by atoms with Crippen molar-refractivity contribution < 1.29 is 0 Å². The van der Waals surface area contributed by atoms with E-state index in [-0.39, 0.29) is 6.04 Å². The van der Waals surface area contributed by atoms with E-state index >= 15 is 0 Å². The third-order valence-corrected chi connectivity index (χ3v) is 3.19. The van der Waals surface area contributed by atoms with Crippen LogP contribution in [-0.4, -0.2) is 22.5 Å². The van der Waals surface area contributed by atoms with Gasteiger partial charge in [-0.15, -0.1) is 11.3 Å². The van der Waals surface area contributed by atoms with Crippen LogP contribution < -0.4 is 5.32 Å². The van der Waals surface area contributed by atoms with E-state index in [1.807, 2.05) is 19.2 Å². The molecule has 0 fully saturated rings. The van der Waals surface area contributed by atoms with Crippen LogP contribution in [0.15, 0.2) is 18.3 Å². The van der Waals surface area contributed by atoms with Gasteiger partial charge in [-0.2, -0.15) is 15.4 Å². The average Bonchev–Trinajstić information content (AvgIpc) is 2.79. The summed E-state index contributed by atoms with van der Waals surface area (Å²) in [7, 11) is 1.88. The minimum Gasteiger partial charge on any atom is -0.307 e. The van der Waals surface area contributed by atoms with Crippen molar-refractivity contribution in [1.82, 2.24) is 20.7 Å². The molecule has 0 amide bonds. The van der Waals surface area contributed by atoms with E-state index in [1.54, 1.807) is 6.20 Å². The van der Waals surface area contributed by atoms with Crippen LogP contribution in [-0.2, 0) is 0 Å². The second-order valence-corrected chi connectivity index (χ2v) is 4.51. The maximum absolute atomic E-state index is 5.87. The van der Waals surface area contributed by atoms with Crippen LogP contribution in [0.4, 0.5) is 0 Å². The van der Waals surface area contributed by atoms with E-state index in [4.69, 9.17) is 11.6 Å². The number of H-pyrrole nitrogens is 1. The van der Waals surface area contributed by atoms with Crippen molar-refractivity contribution in [3.63, 3.8) is 0 Å². The van der Waals surface area contributed by atoms with E-state index in [1.165, 1.54) is 11.3 Å². The molecular weight excluding hydrogens is 220 g/mol. The molecule has 2 N–H and O–H groups in total. The molecule has 0 saturated carbocycles. The predicted octanol–water partition coefficient (Wildman–Crippen LogP) is 1.83. The average molecular weight is 229 g/mol. The Morgan fingerprint density at radius 2 is 2.43 bits per heavy atom. The lowest BCUT2D eigenvalue weighted by Crippen LogP contribution is -2.16. The van der Waals surface area contributed by atoms with Gasteiger partial charge in [0.05, 0.1) is 16.6 Å². The van der Waals surface area contributed by atoms with Gasteiger partial charge in [-0.05, 0) is 19.2 Å². The van der Waals surface area contributed by atoms with Gasteiger partial charge >= 0.3 is 0 Å². The predicted molar refractivity (Wildman–Crippen MR) is 56.6 cm³/mol. The topological polar surface area (TPSA) is 53.6 Å². The lowest BCUT2D eigenvalue weighted by atomic mass is 10.2.